The Morgan fingerprint density at radius 2 is 1.93 bits per heavy atom. The number of sulfonamides is 1. The van der Waals surface area contributed by atoms with Crippen molar-refractivity contribution >= 4 is 21.6 Å². The van der Waals surface area contributed by atoms with Crippen LogP contribution in [0.3, 0.4) is 0 Å². The maximum Gasteiger partial charge on any atom is 0.242 e. The van der Waals surface area contributed by atoms with Crippen molar-refractivity contribution < 1.29 is 27.4 Å². The number of ether oxygens (including phenoxy) is 1. The molecule has 8 nitrogen and oxygen atoms in total. The molecule has 0 spiro atoms. The molecular weight excluding hydrogens is 401 g/mol. The van der Waals surface area contributed by atoms with Crippen LogP contribution in [0.15, 0.2) is 47.4 Å². The van der Waals surface area contributed by atoms with Crippen LogP contribution in [0, 0.1) is 5.82 Å². The molecule has 0 saturated heterocycles. The normalized spacial score (nSPS) is 11.3. The summed E-state index contributed by atoms with van der Waals surface area (Å²) in [6.45, 7) is -0.349. The fourth-order valence-corrected chi connectivity index (χ4v) is 3.56. The number of rotatable bonds is 10. The summed E-state index contributed by atoms with van der Waals surface area (Å²) in [5.74, 6) is -0.722. The Morgan fingerprint density at radius 1 is 1.21 bits per heavy atom. The number of amides is 1. The standard InChI is InChI=1S/C19H24FN3O5S/c1-23(2)29(26,27)18-6-4-3-5-14(18)12-22-19(25)13-21-16-8-7-15(20)11-17(16)28-10-9-24/h3-8,11,21,24H,9-10,12-13H2,1-2H3,(H,22,25). The van der Waals surface area contributed by atoms with Gasteiger partial charge in [0, 0.05) is 26.7 Å². The van der Waals surface area contributed by atoms with E-state index in [4.69, 9.17) is 9.84 Å². The molecule has 0 aliphatic heterocycles. The first-order chi connectivity index (χ1) is 13.8. The molecule has 2 aromatic rings. The van der Waals surface area contributed by atoms with Gasteiger partial charge in [0.2, 0.25) is 15.9 Å². The molecule has 0 radical (unpaired) electrons. The zero-order chi connectivity index (χ0) is 21.4. The summed E-state index contributed by atoms with van der Waals surface area (Å²) in [5.41, 5.74) is 0.855. The molecule has 0 heterocycles. The van der Waals surface area contributed by atoms with Crippen LogP contribution >= 0.6 is 0 Å². The van der Waals surface area contributed by atoms with Gasteiger partial charge >= 0.3 is 0 Å². The van der Waals surface area contributed by atoms with Crippen molar-refractivity contribution in [2.24, 2.45) is 0 Å². The van der Waals surface area contributed by atoms with Crippen LogP contribution in [0.4, 0.5) is 10.1 Å². The maximum atomic E-state index is 13.4. The van der Waals surface area contributed by atoms with E-state index in [2.05, 4.69) is 10.6 Å². The monoisotopic (exact) mass is 425 g/mol. The van der Waals surface area contributed by atoms with E-state index in [-0.39, 0.29) is 42.9 Å². The number of halogens is 1. The highest BCUT2D eigenvalue weighted by molar-refractivity contribution is 7.89. The van der Waals surface area contributed by atoms with Gasteiger partial charge in [-0.3, -0.25) is 4.79 Å². The lowest BCUT2D eigenvalue weighted by Crippen LogP contribution is -2.31. The van der Waals surface area contributed by atoms with Gasteiger partial charge in [-0.2, -0.15) is 0 Å². The third kappa shape index (κ3) is 6.14. The first-order valence-electron chi connectivity index (χ1n) is 8.80. The van der Waals surface area contributed by atoms with Crippen molar-refractivity contribution in [3.63, 3.8) is 0 Å². The third-order valence-corrected chi connectivity index (χ3v) is 5.85. The van der Waals surface area contributed by atoms with Crippen molar-refractivity contribution in [2.45, 2.75) is 11.4 Å². The van der Waals surface area contributed by atoms with Gasteiger partial charge in [-0.25, -0.2) is 17.1 Å². The van der Waals surface area contributed by atoms with Crippen molar-refractivity contribution in [3.05, 3.63) is 53.8 Å². The van der Waals surface area contributed by atoms with Gasteiger partial charge in [0.25, 0.3) is 0 Å². The lowest BCUT2D eigenvalue weighted by atomic mass is 10.2. The molecule has 0 aliphatic rings. The predicted octanol–water partition coefficient (Wildman–Crippen LogP) is 1.18. The fraction of sp³-hybridized carbons (Fsp3) is 0.316. The average molecular weight is 425 g/mol. The Hall–Kier alpha value is -2.69. The number of nitrogens with one attached hydrogen (secondary N) is 2. The van der Waals surface area contributed by atoms with Gasteiger partial charge in [0.1, 0.15) is 18.2 Å². The lowest BCUT2D eigenvalue weighted by molar-refractivity contribution is -0.119. The minimum Gasteiger partial charge on any atom is -0.489 e. The molecule has 3 N–H and O–H groups in total. The summed E-state index contributed by atoms with van der Waals surface area (Å²) in [6, 6.07) is 10.2. The summed E-state index contributed by atoms with van der Waals surface area (Å²) in [5, 5.41) is 14.3. The second-order valence-corrected chi connectivity index (χ2v) is 8.36. The quantitative estimate of drug-likeness (QED) is 0.528. The molecular formula is C19H24FN3O5S. The Labute approximate surface area is 169 Å². The van der Waals surface area contributed by atoms with Crippen LogP contribution in [0.1, 0.15) is 5.56 Å². The van der Waals surface area contributed by atoms with Gasteiger partial charge in [-0.1, -0.05) is 18.2 Å². The van der Waals surface area contributed by atoms with E-state index < -0.39 is 15.8 Å². The van der Waals surface area contributed by atoms with Gasteiger partial charge in [-0.15, -0.1) is 0 Å². The number of carbonyl (C=O) groups is 1. The highest BCUT2D eigenvalue weighted by Gasteiger charge is 2.20. The van der Waals surface area contributed by atoms with E-state index in [1.165, 1.54) is 32.3 Å². The molecule has 0 fully saturated rings. The van der Waals surface area contributed by atoms with Crippen LogP contribution in [0.25, 0.3) is 0 Å². The second kappa shape index (κ2) is 10.2. The number of carbonyl (C=O) groups excluding carboxylic acids is 1. The Kier molecular flexibility index (Phi) is 7.94. The SMILES string of the molecule is CN(C)S(=O)(=O)c1ccccc1CNC(=O)CNc1ccc(F)cc1OCCO. The van der Waals surface area contributed by atoms with E-state index in [1.54, 1.807) is 18.2 Å². The summed E-state index contributed by atoms with van der Waals surface area (Å²) < 4.78 is 44.5. The van der Waals surface area contributed by atoms with Gasteiger partial charge < -0.3 is 20.5 Å². The first-order valence-corrected chi connectivity index (χ1v) is 10.2. The highest BCUT2D eigenvalue weighted by atomic mass is 32.2. The summed E-state index contributed by atoms with van der Waals surface area (Å²) >= 11 is 0. The minimum atomic E-state index is -3.64. The topological polar surface area (TPSA) is 108 Å². The van der Waals surface area contributed by atoms with Crippen molar-refractivity contribution in [3.8, 4) is 5.75 Å². The zero-order valence-electron chi connectivity index (χ0n) is 16.2. The van der Waals surface area contributed by atoms with Crippen molar-refractivity contribution in [1.82, 2.24) is 9.62 Å². The number of hydrogen-bond donors (Lipinski definition) is 3. The number of aliphatic hydroxyl groups excluding tert-OH is 1. The van der Waals surface area contributed by atoms with Crippen LogP contribution in [0.2, 0.25) is 0 Å². The number of nitrogens with zero attached hydrogens (tertiary/aromatic N) is 1. The van der Waals surface area contributed by atoms with Gasteiger partial charge in [0.15, 0.2) is 0 Å². The number of benzene rings is 2. The minimum absolute atomic E-state index is 0.0124. The van der Waals surface area contributed by atoms with Crippen LogP contribution in [-0.2, 0) is 21.4 Å². The molecule has 2 aromatic carbocycles. The second-order valence-electron chi connectivity index (χ2n) is 6.24. The molecule has 0 unspecified atom stereocenters. The number of hydrogen-bond acceptors (Lipinski definition) is 6. The van der Waals surface area contributed by atoms with Gasteiger partial charge in [0.05, 0.1) is 23.7 Å². The Balaban J connectivity index is 2.00. The first kappa shape index (κ1) is 22.6. The molecule has 1 amide bonds. The Morgan fingerprint density at radius 3 is 2.62 bits per heavy atom. The van der Waals surface area contributed by atoms with E-state index in [0.717, 1.165) is 10.4 Å². The summed E-state index contributed by atoms with van der Waals surface area (Å²) in [4.78, 5) is 12.3. The predicted molar refractivity (Wildman–Crippen MR) is 107 cm³/mol. The number of anilines is 1. The molecule has 0 aromatic heterocycles. The van der Waals surface area contributed by atoms with Crippen LogP contribution in [-0.4, -0.2) is 57.6 Å². The highest BCUT2D eigenvalue weighted by Crippen LogP contribution is 2.25. The largest absolute Gasteiger partial charge is 0.489 e. The van der Waals surface area contributed by atoms with Crippen molar-refractivity contribution in [1.29, 1.82) is 0 Å². The zero-order valence-corrected chi connectivity index (χ0v) is 17.0. The lowest BCUT2D eigenvalue weighted by Gasteiger charge is -2.16. The van der Waals surface area contributed by atoms with E-state index in [0.29, 0.717) is 11.3 Å². The molecule has 0 aliphatic carbocycles. The van der Waals surface area contributed by atoms with E-state index in [9.17, 15) is 17.6 Å². The Bertz CT molecular complexity index is 951. The van der Waals surface area contributed by atoms with Crippen LogP contribution < -0.4 is 15.4 Å². The maximum absolute atomic E-state index is 13.4. The molecule has 10 heteroatoms. The molecule has 158 valence electrons. The molecule has 2 rings (SSSR count). The number of aliphatic hydroxyl groups is 1. The molecule has 29 heavy (non-hydrogen) atoms. The third-order valence-electron chi connectivity index (χ3n) is 3.94. The molecule has 0 atom stereocenters. The van der Waals surface area contributed by atoms with E-state index in [1.807, 2.05) is 0 Å². The van der Waals surface area contributed by atoms with Crippen molar-refractivity contribution in [2.75, 3.05) is 39.2 Å². The average Bonchev–Trinajstić information content (AvgIpc) is 2.70. The molecule has 0 bridgehead atoms. The molecule has 0 saturated carbocycles. The fourth-order valence-electron chi connectivity index (χ4n) is 2.45. The summed E-state index contributed by atoms with van der Waals surface area (Å²) in [6.07, 6.45) is 0. The summed E-state index contributed by atoms with van der Waals surface area (Å²) in [7, 11) is -0.759. The van der Waals surface area contributed by atoms with Crippen LogP contribution in [0.5, 0.6) is 5.75 Å². The smallest absolute Gasteiger partial charge is 0.242 e. The van der Waals surface area contributed by atoms with Gasteiger partial charge in [-0.05, 0) is 23.8 Å². The van der Waals surface area contributed by atoms with E-state index >= 15 is 0 Å².